The highest BCUT2D eigenvalue weighted by Crippen LogP contribution is 2.56. The summed E-state index contributed by atoms with van der Waals surface area (Å²) < 4.78 is 0. The molecule has 4 atom stereocenters. The Morgan fingerprint density at radius 2 is 0.704 bits per heavy atom. The molecule has 20 rings (SSSR count). The van der Waals surface area contributed by atoms with Gasteiger partial charge in [-0.15, -0.1) is 0 Å². The van der Waals surface area contributed by atoms with E-state index in [4.69, 9.17) is 9.97 Å². The summed E-state index contributed by atoms with van der Waals surface area (Å²) in [6.07, 6.45) is 17.6. The maximum Gasteiger partial charge on any atom is 0.179 e. The van der Waals surface area contributed by atoms with E-state index >= 15 is 0 Å². The first-order valence-corrected chi connectivity index (χ1v) is 34.3. The molecule has 98 heavy (non-hydrogen) atoms. The van der Waals surface area contributed by atoms with E-state index in [0.29, 0.717) is 24.0 Å². The molecule has 0 saturated carbocycles. The Morgan fingerprint density at radius 1 is 0.316 bits per heavy atom. The SMILES string of the molecule is CC(C)N1c2cncnc2N2c3ccccc3CC21.CC(C)c1cccc(C(C)C)c1-c1cnc2c(n1)N1c3ccccc3CC1N2c1ccccc1.Cc1ccccc1N1c2cncnc2N2c3ccccc3CC12.c1ccc(N2c3cncnc3N3c4ccccc4CC23)cc1. The van der Waals surface area contributed by atoms with Crippen LogP contribution in [0.1, 0.15) is 92.3 Å². The maximum absolute atomic E-state index is 5.35. The zero-order chi connectivity index (χ0) is 66.3. The van der Waals surface area contributed by atoms with Crippen molar-refractivity contribution < 1.29 is 0 Å². The average molecular weight is 1290 g/mol. The second-order valence-corrected chi connectivity index (χ2v) is 27.0. The minimum Gasteiger partial charge on any atom is -0.344 e. The smallest absolute Gasteiger partial charge is 0.179 e. The highest BCUT2D eigenvalue weighted by molar-refractivity contribution is 5.92. The fourth-order valence-corrected chi connectivity index (χ4v) is 16.2. The summed E-state index contributed by atoms with van der Waals surface area (Å²) in [5.74, 6) is 5.73. The van der Waals surface area contributed by atoms with Crippen LogP contribution in [0.15, 0.2) is 244 Å². The second-order valence-electron chi connectivity index (χ2n) is 27.0. The predicted octanol–water partition coefficient (Wildman–Crippen LogP) is 17.9. The van der Waals surface area contributed by atoms with Crippen molar-refractivity contribution in [2.75, 3.05) is 39.2 Å². The minimum absolute atomic E-state index is 0.148. The lowest BCUT2D eigenvalue weighted by Crippen LogP contribution is -2.43. The Morgan fingerprint density at radius 3 is 1.19 bits per heavy atom. The van der Waals surface area contributed by atoms with Crippen LogP contribution in [0.4, 0.5) is 86.0 Å². The normalized spacial score (nSPS) is 17.7. The van der Waals surface area contributed by atoms with Crippen LogP contribution in [-0.4, -0.2) is 70.6 Å². The molecule has 0 fully saturated rings. The minimum atomic E-state index is 0.148. The molecule has 12 heterocycles. The molecule has 16 heteroatoms. The quantitative estimate of drug-likeness (QED) is 0.150. The van der Waals surface area contributed by atoms with Crippen LogP contribution in [-0.2, 0) is 25.7 Å². The molecule has 8 aliphatic heterocycles. The largest absolute Gasteiger partial charge is 0.344 e. The number of nitrogens with zero attached hydrogens (tertiary/aromatic N) is 16. The van der Waals surface area contributed by atoms with Gasteiger partial charge in [0.25, 0.3) is 0 Å². The average Bonchev–Trinajstić information content (AvgIpc) is 1.58. The molecule has 0 saturated heterocycles. The Labute approximate surface area is 572 Å². The van der Waals surface area contributed by atoms with E-state index in [1.807, 2.05) is 30.9 Å². The van der Waals surface area contributed by atoms with Gasteiger partial charge in [0.05, 0.1) is 30.5 Å². The molecular formula is C82H76N16. The Hall–Kier alpha value is -11.5. The molecular weight excluding hydrogens is 1210 g/mol. The van der Waals surface area contributed by atoms with Gasteiger partial charge in [0.2, 0.25) is 0 Å². The van der Waals surface area contributed by atoms with Gasteiger partial charge in [0.1, 0.15) is 60.7 Å². The molecule has 0 radical (unpaired) electrons. The number of aromatic nitrogens is 8. The van der Waals surface area contributed by atoms with Gasteiger partial charge in [0.15, 0.2) is 29.1 Å². The standard InChI is InChI=1S/C30H30N4.C19H16N4.C18H14N4.C15H16N4/c1-19(2)23-14-10-15-24(20(3)4)28(23)25-18-31-29-30(32-25)34-26-16-9-8-11-21(26)17-27(34)33(29)22-12-6-5-7-13-22;1-13-6-2-4-8-15(13)22-17-11-20-12-21-19(17)23-16-9-5-3-7-14(16)10-18(22)23;1-2-7-14(8-3-1)21-16-11-19-12-20-18(16)22-15-9-5-4-6-13(15)10-17(21)22;1-10(2)18-13-8-16-9-17-15(13)19-12-6-4-3-5-11(12)7-14(18)19/h5-16,18-20,27H,17H2,1-4H3;2-9,11-12,18H,10H2,1H3;1-9,11-12,17H,10H2;3-6,8-10,14H,7H2,1-2H3. The van der Waals surface area contributed by atoms with Crippen molar-refractivity contribution in [1.82, 2.24) is 39.9 Å². The first-order valence-electron chi connectivity index (χ1n) is 34.3. The molecule has 4 unspecified atom stereocenters. The topological polar surface area (TPSA) is 129 Å². The number of aryl methyl sites for hydroxylation is 1. The van der Waals surface area contributed by atoms with Crippen molar-refractivity contribution in [3.63, 3.8) is 0 Å². The fourth-order valence-electron chi connectivity index (χ4n) is 16.2. The number of benzene rings is 8. The van der Waals surface area contributed by atoms with Crippen LogP contribution in [0, 0.1) is 6.92 Å². The van der Waals surface area contributed by atoms with Crippen molar-refractivity contribution in [2.24, 2.45) is 0 Å². The molecule has 4 aromatic heterocycles. The summed E-state index contributed by atoms with van der Waals surface area (Å²) in [5, 5.41) is 0. The van der Waals surface area contributed by atoms with Gasteiger partial charge in [-0.05, 0) is 126 Å². The molecule has 0 spiro atoms. The molecule has 16 nitrogen and oxygen atoms in total. The van der Waals surface area contributed by atoms with Gasteiger partial charge >= 0.3 is 0 Å². The summed E-state index contributed by atoms with van der Waals surface area (Å²) in [4.78, 5) is 55.7. The number of hydrogen-bond donors (Lipinski definition) is 0. The first kappa shape index (κ1) is 60.2. The Balaban J connectivity index is 0.000000101. The molecule has 8 aromatic carbocycles. The van der Waals surface area contributed by atoms with Crippen LogP contribution >= 0.6 is 0 Å². The Kier molecular flexibility index (Phi) is 15.1. The Bertz CT molecular complexity index is 4920. The van der Waals surface area contributed by atoms with E-state index in [9.17, 15) is 0 Å². The van der Waals surface area contributed by atoms with E-state index in [1.54, 1.807) is 19.0 Å². The number of rotatable bonds is 7. The van der Waals surface area contributed by atoms with Crippen molar-refractivity contribution in [3.8, 4) is 11.3 Å². The number of para-hydroxylation sites is 7. The summed E-state index contributed by atoms with van der Waals surface area (Å²) >= 11 is 0. The van der Waals surface area contributed by atoms with Gasteiger partial charge in [-0.2, -0.15) is 0 Å². The van der Waals surface area contributed by atoms with Crippen molar-refractivity contribution in [2.45, 2.75) is 117 Å². The summed E-state index contributed by atoms with van der Waals surface area (Å²) in [6, 6.07) is 71.1. The predicted molar refractivity (Wildman–Crippen MR) is 394 cm³/mol. The van der Waals surface area contributed by atoms with Crippen LogP contribution in [0.25, 0.3) is 11.3 Å². The van der Waals surface area contributed by atoms with Crippen molar-refractivity contribution in [3.05, 3.63) is 283 Å². The number of anilines is 15. The summed E-state index contributed by atoms with van der Waals surface area (Å²) in [5.41, 5.74) is 23.5. The molecule has 8 aliphatic rings. The third kappa shape index (κ3) is 9.93. The summed E-state index contributed by atoms with van der Waals surface area (Å²) in [7, 11) is 0. The van der Waals surface area contributed by atoms with Crippen LogP contribution in [0.5, 0.6) is 0 Å². The molecule has 0 N–H and O–H groups in total. The van der Waals surface area contributed by atoms with Gasteiger partial charge < -0.3 is 39.2 Å². The van der Waals surface area contributed by atoms with E-state index in [1.165, 1.54) is 78.6 Å². The van der Waals surface area contributed by atoms with E-state index in [2.05, 4.69) is 312 Å². The molecule has 12 aromatic rings. The van der Waals surface area contributed by atoms with Crippen molar-refractivity contribution >= 4 is 86.0 Å². The lowest BCUT2D eigenvalue weighted by Gasteiger charge is -2.30. The van der Waals surface area contributed by atoms with E-state index in [-0.39, 0.29) is 18.5 Å². The molecule has 0 bridgehead atoms. The van der Waals surface area contributed by atoms with Crippen molar-refractivity contribution in [1.29, 1.82) is 0 Å². The molecule has 0 aliphatic carbocycles. The molecule has 484 valence electrons. The first-order chi connectivity index (χ1) is 48.1. The van der Waals surface area contributed by atoms with Crippen LogP contribution in [0.2, 0.25) is 0 Å². The van der Waals surface area contributed by atoms with Gasteiger partial charge in [0, 0.05) is 77.1 Å². The zero-order valence-corrected chi connectivity index (χ0v) is 56.1. The van der Waals surface area contributed by atoms with E-state index < -0.39 is 0 Å². The zero-order valence-electron chi connectivity index (χ0n) is 56.1. The van der Waals surface area contributed by atoms with Crippen LogP contribution < -0.4 is 39.2 Å². The fraction of sp³-hybridized carbons (Fsp3) is 0.220. The van der Waals surface area contributed by atoms with Crippen LogP contribution in [0.3, 0.4) is 0 Å². The highest BCUT2D eigenvalue weighted by atomic mass is 15.5. The summed E-state index contributed by atoms with van der Waals surface area (Å²) in [6.45, 7) is 15.6. The maximum atomic E-state index is 5.35. The van der Waals surface area contributed by atoms with E-state index in [0.717, 1.165) is 83.2 Å². The monoisotopic (exact) mass is 1280 g/mol. The third-order valence-electron chi connectivity index (χ3n) is 20.3. The lowest BCUT2D eigenvalue weighted by atomic mass is 9.87. The van der Waals surface area contributed by atoms with Gasteiger partial charge in [-0.1, -0.05) is 173 Å². The van der Waals surface area contributed by atoms with Gasteiger partial charge in [-0.3, -0.25) is 0 Å². The molecule has 0 amide bonds. The third-order valence-corrected chi connectivity index (χ3v) is 20.3. The lowest BCUT2D eigenvalue weighted by molar-refractivity contribution is 0.588. The highest BCUT2D eigenvalue weighted by Gasteiger charge is 2.48. The number of hydrogen-bond acceptors (Lipinski definition) is 16. The number of fused-ring (bicyclic) bond motifs is 20. The second kappa shape index (κ2) is 24.6. The van der Waals surface area contributed by atoms with Gasteiger partial charge in [-0.25, -0.2) is 39.9 Å².